The van der Waals surface area contributed by atoms with Gasteiger partial charge in [-0.05, 0) is 39.7 Å². The second-order valence-corrected chi connectivity index (χ2v) is 4.75. The topological polar surface area (TPSA) is 26.3 Å². The Labute approximate surface area is 115 Å². The molecule has 0 heterocycles. The van der Waals surface area contributed by atoms with Gasteiger partial charge in [0, 0.05) is 12.0 Å². The fourth-order valence-corrected chi connectivity index (χ4v) is 2.14. The molecule has 0 N–H and O–H groups in total. The Morgan fingerprint density at radius 3 is 2.56 bits per heavy atom. The number of halogens is 1. The van der Waals surface area contributed by atoms with Gasteiger partial charge in [-0.15, -0.1) is 0 Å². The molecule has 3 heteroatoms. The van der Waals surface area contributed by atoms with Crippen LogP contribution in [0.25, 0.3) is 0 Å². The molecule has 0 aliphatic rings. The maximum Gasteiger partial charge on any atom is 0.150 e. The van der Waals surface area contributed by atoms with Crippen LogP contribution < -0.4 is 4.74 Å². The fourth-order valence-electron chi connectivity index (χ4n) is 1.63. The van der Waals surface area contributed by atoms with Crippen LogP contribution in [0.4, 0.5) is 0 Å². The Morgan fingerprint density at radius 2 is 1.89 bits per heavy atom. The summed E-state index contributed by atoms with van der Waals surface area (Å²) in [6.45, 7) is 0.614. The minimum absolute atomic E-state index is 0.614. The lowest BCUT2D eigenvalue weighted by molar-refractivity contribution is 0.112. The quantitative estimate of drug-likeness (QED) is 0.784. The van der Waals surface area contributed by atoms with Crippen molar-refractivity contribution >= 4 is 22.2 Å². The Balaban J connectivity index is 1.92. The van der Waals surface area contributed by atoms with E-state index in [9.17, 15) is 4.79 Å². The zero-order valence-corrected chi connectivity index (χ0v) is 11.4. The van der Waals surface area contributed by atoms with E-state index in [1.807, 2.05) is 18.2 Å². The first kappa shape index (κ1) is 12.8. The molecular weight excluding hydrogens is 292 g/mol. The summed E-state index contributed by atoms with van der Waals surface area (Å²) in [6, 6.07) is 15.5. The Hall–Kier alpha value is -1.61. The molecule has 0 spiro atoms. The van der Waals surface area contributed by atoms with Gasteiger partial charge in [0.15, 0.2) is 0 Å². The zero-order valence-electron chi connectivity index (χ0n) is 9.80. The normalized spacial score (nSPS) is 10.1. The van der Waals surface area contributed by atoms with Crippen LogP contribution in [0.3, 0.4) is 0 Å². The minimum Gasteiger partial charge on any atom is -0.492 e. The minimum atomic E-state index is 0.614. The molecule has 0 radical (unpaired) electrons. The maximum atomic E-state index is 10.6. The zero-order chi connectivity index (χ0) is 12.8. The van der Waals surface area contributed by atoms with Crippen molar-refractivity contribution in [1.29, 1.82) is 0 Å². The van der Waals surface area contributed by atoms with Gasteiger partial charge in [-0.3, -0.25) is 4.79 Å². The van der Waals surface area contributed by atoms with Crippen LogP contribution >= 0.6 is 15.9 Å². The highest BCUT2D eigenvalue weighted by molar-refractivity contribution is 9.10. The molecule has 0 bridgehead atoms. The molecule has 0 aliphatic carbocycles. The van der Waals surface area contributed by atoms with E-state index in [0.717, 1.165) is 22.9 Å². The van der Waals surface area contributed by atoms with E-state index >= 15 is 0 Å². The highest BCUT2D eigenvalue weighted by Gasteiger charge is 2.02. The summed E-state index contributed by atoms with van der Waals surface area (Å²) < 4.78 is 6.48. The third-order valence-corrected chi connectivity index (χ3v) is 3.20. The van der Waals surface area contributed by atoms with E-state index in [1.54, 1.807) is 18.2 Å². The second-order valence-electron chi connectivity index (χ2n) is 3.89. The van der Waals surface area contributed by atoms with Crippen LogP contribution in [0.5, 0.6) is 5.75 Å². The van der Waals surface area contributed by atoms with Crippen LogP contribution in [0.2, 0.25) is 0 Å². The van der Waals surface area contributed by atoms with Gasteiger partial charge in [-0.1, -0.05) is 30.3 Å². The van der Waals surface area contributed by atoms with Gasteiger partial charge in [0.25, 0.3) is 0 Å². The van der Waals surface area contributed by atoms with Crippen LogP contribution in [0.15, 0.2) is 53.0 Å². The van der Waals surface area contributed by atoms with Crippen molar-refractivity contribution in [2.24, 2.45) is 0 Å². The number of benzene rings is 2. The number of carbonyl (C=O) groups is 1. The van der Waals surface area contributed by atoms with Crippen molar-refractivity contribution in [3.63, 3.8) is 0 Å². The Morgan fingerprint density at radius 1 is 1.11 bits per heavy atom. The molecule has 0 amide bonds. The number of rotatable bonds is 5. The molecule has 2 aromatic carbocycles. The predicted octanol–water partition coefficient (Wildman–Crippen LogP) is 3.88. The molecule has 0 atom stereocenters. The van der Waals surface area contributed by atoms with Gasteiger partial charge in [0.2, 0.25) is 0 Å². The van der Waals surface area contributed by atoms with Gasteiger partial charge in [-0.2, -0.15) is 0 Å². The summed E-state index contributed by atoms with van der Waals surface area (Å²) in [5.74, 6) is 0.761. The molecule has 0 saturated carbocycles. The van der Waals surface area contributed by atoms with Crippen LogP contribution in [0.1, 0.15) is 15.9 Å². The van der Waals surface area contributed by atoms with Crippen molar-refractivity contribution in [1.82, 2.24) is 0 Å². The van der Waals surface area contributed by atoms with Crippen LogP contribution in [-0.4, -0.2) is 12.9 Å². The lowest BCUT2D eigenvalue weighted by atomic mass is 10.2. The Bertz CT molecular complexity index is 523. The third kappa shape index (κ3) is 3.44. The Kier molecular flexibility index (Phi) is 4.53. The van der Waals surface area contributed by atoms with E-state index in [4.69, 9.17) is 4.74 Å². The van der Waals surface area contributed by atoms with E-state index in [1.165, 1.54) is 5.56 Å². The van der Waals surface area contributed by atoms with E-state index in [-0.39, 0.29) is 0 Å². The number of carbonyl (C=O) groups excluding carboxylic acids is 1. The second kappa shape index (κ2) is 6.36. The van der Waals surface area contributed by atoms with Crippen molar-refractivity contribution in [2.75, 3.05) is 6.61 Å². The van der Waals surface area contributed by atoms with Gasteiger partial charge in [0.1, 0.15) is 12.0 Å². The monoisotopic (exact) mass is 304 g/mol. The summed E-state index contributed by atoms with van der Waals surface area (Å²) in [6.07, 6.45) is 1.68. The first-order valence-corrected chi connectivity index (χ1v) is 6.50. The van der Waals surface area contributed by atoms with Gasteiger partial charge >= 0.3 is 0 Å². The molecule has 0 fully saturated rings. The van der Waals surface area contributed by atoms with Crippen molar-refractivity contribution in [2.45, 2.75) is 6.42 Å². The fraction of sp³-hybridized carbons (Fsp3) is 0.133. The molecule has 0 aromatic heterocycles. The number of hydrogen-bond acceptors (Lipinski definition) is 2. The van der Waals surface area contributed by atoms with Gasteiger partial charge < -0.3 is 4.74 Å². The van der Waals surface area contributed by atoms with Gasteiger partial charge in [0.05, 0.1) is 11.1 Å². The maximum absolute atomic E-state index is 10.6. The number of hydrogen-bond donors (Lipinski definition) is 0. The lowest BCUT2D eigenvalue weighted by Crippen LogP contribution is -2.01. The molecule has 18 heavy (non-hydrogen) atoms. The molecule has 2 nitrogen and oxygen atoms in total. The largest absolute Gasteiger partial charge is 0.492 e. The number of aldehydes is 1. The average molecular weight is 305 g/mol. The van der Waals surface area contributed by atoms with Crippen molar-refractivity contribution in [3.05, 3.63) is 64.1 Å². The van der Waals surface area contributed by atoms with Gasteiger partial charge in [-0.25, -0.2) is 0 Å². The van der Waals surface area contributed by atoms with Crippen molar-refractivity contribution < 1.29 is 9.53 Å². The van der Waals surface area contributed by atoms with E-state index in [2.05, 4.69) is 28.1 Å². The molecule has 0 unspecified atom stereocenters. The predicted molar refractivity (Wildman–Crippen MR) is 75.2 cm³/mol. The number of ether oxygens (including phenoxy) is 1. The van der Waals surface area contributed by atoms with Crippen LogP contribution in [0, 0.1) is 0 Å². The van der Waals surface area contributed by atoms with Crippen LogP contribution in [-0.2, 0) is 6.42 Å². The smallest absolute Gasteiger partial charge is 0.150 e. The van der Waals surface area contributed by atoms with Crippen molar-refractivity contribution in [3.8, 4) is 5.75 Å². The first-order valence-electron chi connectivity index (χ1n) is 5.71. The molecule has 0 aliphatic heterocycles. The summed E-state index contributed by atoms with van der Waals surface area (Å²) in [4.78, 5) is 10.6. The van der Waals surface area contributed by atoms with E-state index in [0.29, 0.717) is 12.2 Å². The highest BCUT2D eigenvalue weighted by atomic mass is 79.9. The SMILES string of the molecule is O=Cc1ccc(OCCc2ccccc2)c(Br)c1. The van der Waals surface area contributed by atoms with E-state index < -0.39 is 0 Å². The summed E-state index contributed by atoms with van der Waals surface area (Å²) >= 11 is 3.39. The molecule has 0 saturated heterocycles. The molecular formula is C15H13BrO2. The summed E-state index contributed by atoms with van der Waals surface area (Å²) in [5.41, 5.74) is 1.88. The highest BCUT2D eigenvalue weighted by Crippen LogP contribution is 2.25. The summed E-state index contributed by atoms with van der Waals surface area (Å²) in [5, 5.41) is 0. The standard InChI is InChI=1S/C15H13BrO2/c16-14-10-13(11-17)6-7-15(14)18-9-8-12-4-2-1-3-5-12/h1-7,10-11H,8-9H2. The molecule has 2 rings (SSSR count). The molecule has 2 aromatic rings. The summed E-state index contributed by atoms with van der Waals surface area (Å²) in [7, 11) is 0. The average Bonchev–Trinajstić information content (AvgIpc) is 2.42. The third-order valence-electron chi connectivity index (χ3n) is 2.58. The first-order chi connectivity index (χ1) is 8.79. The molecule has 92 valence electrons. The lowest BCUT2D eigenvalue weighted by Gasteiger charge is -2.08.